The Morgan fingerprint density at radius 3 is 2.53 bits per heavy atom. The fraction of sp³-hybridized carbons (Fsp3) is 0. The van der Waals surface area contributed by atoms with E-state index in [-0.39, 0.29) is 10.9 Å². The molecule has 4 nitrogen and oxygen atoms in total. The summed E-state index contributed by atoms with van der Waals surface area (Å²) in [7, 11) is 0. The van der Waals surface area contributed by atoms with Crippen LogP contribution >= 0.6 is 0 Å². The van der Waals surface area contributed by atoms with Gasteiger partial charge >= 0.3 is 0 Å². The zero-order chi connectivity index (χ0) is 12.1. The van der Waals surface area contributed by atoms with Crippen LogP contribution in [0, 0.1) is 17.0 Å². The van der Waals surface area contributed by atoms with Crippen molar-refractivity contribution in [3.05, 3.63) is 65.1 Å². The molecule has 1 heterocycles. The van der Waals surface area contributed by atoms with E-state index in [1.54, 1.807) is 36.5 Å². The molecular formula is C13H9N2O2-. The van der Waals surface area contributed by atoms with Crippen LogP contribution in [0.1, 0.15) is 11.3 Å². The van der Waals surface area contributed by atoms with E-state index < -0.39 is 0 Å². The van der Waals surface area contributed by atoms with Crippen LogP contribution in [0.3, 0.4) is 0 Å². The van der Waals surface area contributed by atoms with Crippen molar-refractivity contribution in [2.45, 2.75) is 0 Å². The van der Waals surface area contributed by atoms with E-state index in [4.69, 9.17) is 5.21 Å². The van der Waals surface area contributed by atoms with Crippen molar-refractivity contribution in [2.24, 2.45) is 0 Å². The van der Waals surface area contributed by atoms with Gasteiger partial charge in [-0.25, -0.2) is 4.98 Å². The minimum absolute atomic E-state index is 0.121. The number of para-hydroxylation sites is 1. The summed E-state index contributed by atoms with van der Waals surface area (Å²) < 4.78 is 0. The number of nitrogens with zero attached hydrogens (tertiary/aromatic N) is 2. The lowest BCUT2D eigenvalue weighted by atomic mass is 10.2. The van der Waals surface area contributed by atoms with Gasteiger partial charge in [-0.3, -0.25) is 5.21 Å². The number of rotatable bonds is 1. The van der Waals surface area contributed by atoms with Gasteiger partial charge in [-0.15, -0.1) is 0 Å². The molecule has 1 aromatic carbocycles. The number of anilines is 1. The normalized spacial score (nSPS) is 9.29. The molecule has 0 saturated carbocycles. The zero-order valence-corrected chi connectivity index (χ0v) is 8.87. The standard InChI is InChI=1S/C13H9N2O2/c16-15(17)13-7-2-1-5-11(13)8-9-12-6-3-4-10-14-12/h1-7,10,16H/q-1. The molecule has 17 heavy (non-hydrogen) atoms. The maximum absolute atomic E-state index is 10.9. The van der Waals surface area contributed by atoms with E-state index in [2.05, 4.69) is 16.8 Å². The molecule has 0 amide bonds. The highest BCUT2D eigenvalue weighted by Crippen LogP contribution is 2.16. The molecule has 0 bridgehead atoms. The number of hydrogen-bond acceptors (Lipinski definition) is 4. The van der Waals surface area contributed by atoms with Crippen LogP contribution in [0.4, 0.5) is 5.69 Å². The van der Waals surface area contributed by atoms with Crippen molar-refractivity contribution in [3.8, 4) is 11.8 Å². The third kappa shape index (κ3) is 2.82. The molecule has 0 fully saturated rings. The van der Waals surface area contributed by atoms with Gasteiger partial charge in [-0.2, -0.15) is 0 Å². The molecule has 0 atom stereocenters. The lowest BCUT2D eigenvalue weighted by Gasteiger charge is -2.22. The SMILES string of the molecule is [O-]N(O)c1ccccc1C#Cc1ccccn1. The van der Waals surface area contributed by atoms with E-state index in [0.29, 0.717) is 11.3 Å². The average Bonchev–Trinajstić information content (AvgIpc) is 2.38. The van der Waals surface area contributed by atoms with Crippen LogP contribution in [-0.2, 0) is 0 Å². The summed E-state index contributed by atoms with van der Waals surface area (Å²) in [6.45, 7) is 0. The van der Waals surface area contributed by atoms with Crippen LogP contribution in [0.15, 0.2) is 48.7 Å². The number of aromatic nitrogens is 1. The number of hydrogen-bond donors (Lipinski definition) is 1. The van der Waals surface area contributed by atoms with Gasteiger partial charge in [-0.1, -0.05) is 24.1 Å². The second-order valence-corrected chi connectivity index (χ2v) is 3.26. The van der Waals surface area contributed by atoms with Crippen LogP contribution < -0.4 is 5.23 Å². The number of pyridine rings is 1. The first-order chi connectivity index (χ1) is 8.27. The third-order valence-electron chi connectivity index (χ3n) is 2.10. The Labute approximate surface area is 98.7 Å². The molecule has 0 saturated heterocycles. The van der Waals surface area contributed by atoms with Crippen LogP contribution in [-0.4, -0.2) is 10.2 Å². The van der Waals surface area contributed by atoms with Crippen LogP contribution in [0.5, 0.6) is 0 Å². The van der Waals surface area contributed by atoms with E-state index in [0.717, 1.165) is 0 Å². The fourth-order valence-electron chi connectivity index (χ4n) is 1.31. The first-order valence-corrected chi connectivity index (χ1v) is 4.95. The van der Waals surface area contributed by atoms with Crippen molar-refractivity contribution < 1.29 is 5.21 Å². The molecule has 2 rings (SSSR count). The Hall–Kier alpha value is -2.35. The van der Waals surface area contributed by atoms with E-state index >= 15 is 0 Å². The molecule has 0 spiro atoms. The van der Waals surface area contributed by atoms with Crippen molar-refractivity contribution in [3.63, 3.8) is 0 Å². The summed E-state index contributed by atoms with van der Waals surface area (Å²) in [5.41, 5.74) is 1.18. The molecule has 1 aromatic heterocycles. The molecule has 84 valence electrons. The summed E-state index contributed by atoms with van der Waals surface area (Å²) in [6, 6.07) is 11.9. The second kappa shape index (κ2) is 5.12. The van der Waals surface area contributed by atoms with Crippen LogP contribution in [0.25, 0.3) is 0 Å². The predicted octanol–water partition coefficient (Wildman–Crippen LogP) is 2.17. The third-order valence-corrected chi connectivity index (χ3v) is 2.10. The van der Waals surface area contributed by atoms with Crippen molar-refractivity contribution >= 4 is 5.69 Å². The zero-order valence-electron chi connectivity index (χ0n) is 8.87. The molecule has 0 aliphatic carbocycles. The summed E-state index contributed by atoms with van der Waals surface area (Å²) >= 11 is 0. The molecule has 0 radical (unpaired) electrons. The second-order valence-electron chi connectivity index (χ2n) is 3.26. The Kier molecular flexibility index (Phi) is 3.36. The monoisotopic (exact) mass is 225 g/mol. The Bertz CT molecular complexity index is 556. The quantitative estimate of drug-likeness (QED) is 0.597. The van der Waals surface area contributed by atoms with Gasteiger partial charge in [-0.05, 0) is 30.2 Å². The smallest absolute Gasteiger partial charge is 0.113 e. The van der Waals surface area contributed by atoms with E-state index in [1.165, 1.54) is 6.07 Å². The molecule has 2 aromatic rings. The average molecular weight is 225 g/mol. The molecule has 1 N–H and O–H groups in total. The lowest BCUT2D eigenvalue weighted by molar-refractivity contribution is 0.296. The van der Waals surface area contributed by atoms with Gasteiger partial charge in [0.05, 0.1) is 5.69 Å². The highest BCUT2D eigenvalue weighted by Gasteiger charge is 1.98. The van der Waals surface area contributed by atoms with Gasteiger partial charge in [0.25, 0.3) is 0 Å². The van der Waals surface area contributed by atoms with E-state index in [9.17, 15) is 5.21 Å². The lowest BCUT2D eigenvalue weighted by Crippen LogP contribution is -2.08. The Morgan fingerprint density at radius 1 is 1.06 bits per heavy atom. The molecule has 0 unspecified atom stereocenters. The van der Waals surface area contributed by atoms with E-state index in [1.807, 2.05) is 6.07 Å². The first kappa shape index (κ1) is 11.1. The molecule has 0 aliphatic rings. The minimum atomic E-state index is -0.192. The minimum Gasteiger partial charge on any atom is -0.733 e. The summed E-state index contributed by atoms with van der Waals surface area (Å²) in [5, 5.41) is 19.6. The Balaban J connectivity index is 2.34. The van der Waals surface area contributed by atoms with Crippen molar-refractivity contribution in [1.29, 1.82) is 0 Å². The first-order valence-electron chi connectivity index (χ1n) is 4.95. The summed E-state index contributed by atoms with van der Waals surface area (Å²) in [4.78, 5) is 4.04. The Morgan fingerprint density at radius 2 is 1.82 bits per heavy atom. The topological polar surface area (TPSA) is 59.4 Å². The highest BCUT2D eigenvalue weighted by molar-refractivity contribution is 5.60. The van der Waals surface area contributed by atoms with Gasteiger partial charge < -0.3 is 10.4 Å². The van der Waals surface area contributed by atoms with Gasteiger partial charge in [0, 0.05) is 11.8 Å². The predicted molar refractivity (Wildman–Crippen MR) is 64.3 cm³/mol. The highest BCUT2D eigenvalue weighted by atomic mass is 16.8. The maximum atomic E-state index is 10.9. The van der Waals surface area contributed by atoms with Crippen LogP contribution in [0.2, 0.25) is 0 Å². The van der Waals surface area contributed by atoms with Gasteiger partial charge in [0.2, 0.25) is 0 Å². The van der Waals surface area contributed by atoms with Gasteiger partial charge in [0.1, 0.15) is 5.69 Å². The summed E-state index contributed by atoms with van der Waals surface area (Å²) in [5.74, 6) is 5.62. The van der Waals surface area contributed by atoms with Crippen molar-refractivity contribution in [1.82, 2.24) is 4.98 Å². The van der Waals surface area contributed by atoms with Crippen molar-refractivity contribution in [2.75, 3.05) is 5.23 Å². The molecule has 0 aliphatic heterocycles. The number of benzene rings is 1. The maximum Gasteiger partial charge on any atom is 0.113 e. The fourth-order valence-corrected chi connectivity index (χ4v) is 1.31. The molecule has 4 heteroatoms. The largest absolute Gasteiger partial charge is 0.733 e. The van der Waals surface area contributed by atoms with Gasteiger partial charge in [0.15, 0.2) is 0 Å². The molecular weight excluding hydrogens is 216 g/mol. The summed E-state index contributed by atoms with van der Waals surface area (Å²) in [6.07, 6.45) is 1.64.